The number of hydrogen-bond acceptors (Lipinski definition) is 3. The number of ether oxygens (including phenoxy) is 1. The first-order valence-electron chi connectivity index (χ1n) is 6.16. The van der Waals surface area contributed by atoms with Crippen LogP contribution in [0.2, 0.25) is 10.0 Å². The van der Waals surface area contributed by atoms with Crippen LogP contribution < -0.4 is 15.8 Å². The summed E-state index contributed by atoms with van der Waals surface area (Å²) in [6.45, 7) is 2.03. The van der Waals surface area contributed by atoms with Gasteiger partial charge in [0.25, 0.3) is 0 Å². The molecule has 3 nitrogen and oxygen atoms in total. The molecule has 0 saturated carbocycles. The maximum absolute atomic E-state index is 6.17. The third-order valence-electron chi connectivity index (χ3n) is 3.04. The number of anilines is 2. The minimum absolute atomic E-state index is 0.0551. The van der Waals surface area contributed by atoms with Gasteiger partial charge < -0.3 is 15.8 Å². The van der Waals surface area contributed by atoms with Crippen LogP contribution in [-0.2, 0) is 0 Å². The zero-order chi connectivity index (χ0) is 14.7. The summed E-state index contributed by atoms with van der Waals surface area (Å²) >= 11 is 12.3. The van der Waals surface area contributed by atoms with E-state index in [9.17, 15) is 0 Å². The summed E-state index contributed by atoms with van der Waals surface area (Å²) in [5.41, 5.74) is 8.03. The highest BCUT2D eigenvalue weighted by atomic mass is 35.5. The molecule has 0 fully saturated rings. The molecule has 3 N–H and O–H groups in total. The monoisotopic (exact) mass is 310 g/mol. The minimum Gasteiger partial charge on any atom is -0.497 e. The molecule has 2 aromatic rings. The molecular weight excluding hydrogens is 295 g/mol. The van der Waals surface area contributed by atoms with Gasteiger partial charge in [0.1, 0.15) is 5.75 Å². The Bertz CT molecular complexity index is 576. The van der Waals surface area contributed by atoms with Crippen LogP contribution in [0.5, 0.6) is 5.75 Å². The number of rotatable bonds is 4. The fraction of sp³-hybridized carbons (Fsp3) is 0.200. The van der Waals surface area contributed by atoms with E-state index in [0.29, 0.717) is 21.4 Å². The Morgan fingerprint density at radius 3 is 2.15 bits per heavy atom. The summed E-state index contributed by atoms with van der Waals surface area (Å²) in [4.78, 5) is 0. The summed E-state index contributed by atoms with van der Waals surface area (Å²) in [7, 11) is 1.64. The van der Waals surface area contributed by atoms with E-state index in [1.165, 1.54) is 0 Å². The Balaban J connectivity index is 2.20. The quantitative estimate of drug-likeness (QED) is 0.801. The molecule has 5 heteroatoms. The first-order chi connectivity index (χ1) is 9.51. The second kappa shape index (κ2) is 6.25. The van der Waals surface area contributed by atoms with Gasteiger partial charge in [-0.25, -0.2) is 0 Å². The smallest absolute Gasteiger partial charge is 0.118 e. The van der Waals surface area contributed by atoms with Crippen LogP contribution in [0.1, 0.15) is 18.5 Å². The number of nitrogens with two attached hydrogens (primary N) is 1. The van der Waals surface area contributed by atoms with Crippen LogP contribution in [0.4, 0.5) is 11.4 Å². The molecule has 106 valence electrons. The molecule has 0 spiro atoms. The van der Waals surface area contributed by atoms with Crippen molar-refractivity contribution < 1.29 is 4.74 Å². The Kier molecular flexibility index (Phi) is 4.63. The van der Waals surface area contributed by atoms with E-state index >= 15 is 0 Å². The van der Waals surface area contributed by atoms with Gasteiger partial charge in [0, 0.05) is 11.7 Å². The first-order valence-corrected chi connectivity index (χ1v) is 6.92. The van der Waals surface area contributed by atoms with Crippen LogP contribution >= 0.6 is 23.2 Å². The average molecular weight is 311 g/mol. The Labute approximate surface area is 128 Å². The van der Waals surface area contributed by atoms with Crippen LogP contribution in [0.25, 0.3) is 0 Å². The molecule has 0 amide bonds. The molecule has 0 aliphatic carbocycles. The summed E-state index contributed by atoms with van der Waals surface area (Å²) in [6.07, 6.45) is 0. The van der Waals surface area contributed by atoms with E-state index in [1.54, 1.807) is 19.2 Å². The number of hydrogen-bond donors (Lipinski definition) is 2. The lowest BCUT2D eigenvalue weighted by atomic mass is 10.1. The van der Waals surface area contributed by atoms with Gasteiger partial charge in [-0.1, -0.05) is 35.3 Å². The van der Waals surface area contributed by atoms with Crippen molar-refractivity contribution in [3.8, 4) is 5.75 Å². The maximum atomic E-state index is 6.17. The zero-order valence-electron chi connectivity index (χ0n) is 11.3. The molecular formula is C15H16Cl2N2O. The SMILES string of the molecule is COc1ccc(C(C)Nc2c(Cl)cc(N)cc2Cl)cc1. The molecule has 2 aromatic carbocycles. The van der Waals surface area contributed by atoms with Gasteiger partial charge in [-0.05, 0) is 36.8 Å². The zero-order valence-corrected chi connectivity index (χ0v) is 12.8. The van der Waals surface area contributed by atoms with Crippen molar-refractivity contribution in [1.29, 1.82) is 0 Å². The second-order valence-electron chi connectivity index (χ2n) is 4.50. The number of halogens is 2. The number of nitrogens with one attached hydrogen (secondary N) is 1. The Hall–Kier alpha value is -1.58. The minimum atomic E-state index is 0.0551. The predicted octanol–water partition coefficient (Wildman–Crippen LogP) is 4.76. The van der Waals surface area contributed by atoms with Crippen LogP contribution in [0.15, 0.2) is 36.4 Å². The van der Waals surface area contributed by atoms with Gasteiger partial charge in [0.15, 0.2) is 0 Å². The summed E-state index contributed by atoms with van der Waals surface area (Å²) in [5, 5.41) is 4.32. The molecule has 0 aliphatic heterocycles. The molecule has 2 rings (SSSR count). The van der Waals surface area contributed by atoms with Gasteiger partial charge in [0.2, 0.25) is 0 Å². The van der Waals surface area contributed by atoms with Crippen molar-refractivity contribution in [2.75, 3.05) is 18.2 Å². The Morgan fingerprint density at radius 1 is 1.10 bits per heavy atom. The van der Waals surface area contributed by atoms with Crippen molar-refractivity contribution in [3.05, 3.63) is 52.0 Å². The second-order valence-corrected chi connectivity index (χ2v) is 5.31. The van der Waals surface area contributed by atoms with Gasteiger partial charge in [-0.2, -0.15) is 0 Å². The molecule has 0 bridgehead atoms. The summed E-state index contributed by atoms with van der Waals surface area (Å²) in [6, 6.07) is 11.2. The van der Waals surface area contributed by atoms with Crippen LogP contribution in [0, 0.1) is 0 Å². The fourth-order valence-electron chi connectivity index (χ4n) is 1.92. The van der Waals surface area contributed by atoms with Crippen molar-refractivity contribution in [2.24, 2.45) is 0 Å². The summed E-state index contributed by atoms with van der Waals surface area (Å²) in [5.74, 6) is 0.824. The lowest BCUT2D eigenvalue weighted by Gasteiger charge is -2.18. The maximum Gasteiger partial charge on any atom is 0.118 e. The van der Waals surface area contributed by atoms with Crippen molar-refractivity contribution >= 4 is 34.6 Å². The van der Waals surface area contributed by atoms with E-state index in [4.69, 9.17) is 33.7 Å². The number of benzene rings is 2. The van der Waals surface area contributed by atoms with E-state index in [-0.39, 0.29) is 6.04 Å². The largest absolute Gasteiger partial charge is 0.497 e. The highest BCUT2D eigenvalue weighted by molar-refractivity contribution is 6.39. The Morgan fingerprint density at radius 2 is 1.65 bits per heavy atom. The van der Waals surface area contributed by atoms with Crippen molar-refractivity contribution in [1.82, 2.24) is 0 Å². The number of nitrogen functional groups attached to an aromatic ring is 1. The molecule has 1 atom stereocenters. The van der Waals surface area contributed by atoms with E-state index in [0.717, 1.165) is 11.3 Å². The standard InChI is InChI=1S/C15H16Cl2N2O/c1-9(10-3-5-12(20-2)6-4-10)19-15-13(16)7-11(18)8-14(15)17/h3-9,19H,18H2,1-2H3. The predicted molar refractivity (Wildman–Crippen MR) is 85.9 cm³/mol. The molecule has 0 aromatic heterocycles. The van der Waals surface area contributed by atoms with Gasteiger partial charge in [-0.3, -0.25) is 0 Å². The highest BCUT2D eigenvalue weighted by Gasteiger charge is 2.12. The van der Waals surface area contributed by atoms with Crippen molar-refractivity contribution in [3.63, 3.8) is 0 Å². The lowest BCUT2D eigenvalue weighted by Crippen LogP contribution is -2.07. The van der Waals surface area contributed by atoms with Crippen molar-refractivity contribution in [2.45, 2.75) is 13.0 Å². The van der Waals surface area contributed by atoms with Gasteiger partial charge >= 0.3 is 0 Å². The molecule has 0 aliphatic rings. The average Bonchev–Trinajstić information content (AvgIpc) is 2.42. The van der Waals surface area contributed by atoms with Crippen LogP contribution in [0.3, 0.4) is 0 Å². The normalized spacial score (nSPS) is 12.0. The van der Waals surface area contributed by atoms with E-state index in [1.807, 2.05) is 31.2 Å². The lowest BCUT2D eigenvalue weighted by molar-refractivity contribution is 0.414. The van der Waals surface area contributed by atoms with E-state index in [2.05, 4.69) is 5.32 Å². The van der Waals surface area contributed by atoms with Gasteiger partial charge in [0.05, 0.1) is 22.8 Å². The van der Waals surface area contributed by atoms with Gasteiger partial charge in [-0.15, -0.1) is 0 Å². The molecule has 0 radical (unpaired) electrons. The summed E-state index contributed by atoms with van der Waals surface area (Å²) < 4.78 is 5.14. The van der Waals surface area contributed by atoms with E-state index < -0.39 is 0 Å². The first kappa shape index (κ1) is 14.8. The molecule has 0 heterocycles. The highest BCUT2D eigenvalue weighted by Crippen LogP contribution is 2.35. The third-order valence-corrected chi connectivity index (χ3v) is 3.64. The fourth-order valence-corrected chi connectivity index (χ4v) is 2.54. The third kappa shape index (κ3) is 3.30. The topological polar surface area (TPSA) is 47.3 Å². The molecule has 20 heavy (non-hydrogen) atoms. The number of methoxy groups -OCH3 is 1. The van der Waals surface area contributed by atoms with Crippen LogP contribution in [-0.4, -0.2) is 7.11 Å². The molecule has 1 unspecified atom stereocenters. The molecule has 0 saturated heterocycles.